The molecule has 2 aromatic rings. The summed E-state index contributed by atoms with van der Waals surface area (Å²) in [5, 5.41) is 1.18. The van der Waals surface area contributed by atoms with Crippen molar-refractivity contribution in [3.8, 4) is 0 Å². The Morgan fingerprint density at radius 2 is 2.00 bits per heavy atom. The standard InChI is InChI=1S/C15H11Cl2NO3S/c1-22-14-10(3-2-6-18-14)15(20)21-8-13(19)9-4-5-11(16)12(17)7-9/h2-7H,8H2,1H3. The Bertz CT molecular complexity index is 722. The van der Waals surface area contributed by atoms with Crippen molar-refractivity contribution in [2.24, 2.45) is 0 Å². The molecule has 1 aromatic heterocycles. The summed E-state index contributed by atoms with van der Waals surface area (Å²) < 4.78 is 5.04. The molecule has 7 heteroatoms. The van der Waals surface area contributed by atoms with Crippen LogP contribution >= 0.6 is 35.0 Å². The highest BCUT2D eigenvalue weighted by Crippen LogP contribution is 2.23. The Balaban J connectivity index is 2.04. The number of esters is 1. The first-order valence-corrected chi connectivity index (χ1v) is 8.15. The van der Waals surface area contributed by atoms with Gasteiger partial charge >= 0.3 is 5.97 Å². The number of Topliss-reactive ketones (excluding diaryl/α,β-unsaturated/α-hetero) is 1. The smallest absolute Gasteiger partial charge is 0.341 e. The fourth-order valence-electron chi connectivity index (χ4n) is 1.67. The van der Waals surface area contributed by atoms with Gasteiger partial charge in [-0.25, -0.2) is 9.78 Å². The van der Waals surface area contributed by atoms with E-state index in [1.54, 1.807) is 24.6 Å². The summed E-state index contributed by atoms with van der Waals surface area (Å²) in [5.41, 5.74) is 0.662. The van der Waals surface area contributed by atoms with Crippen LogP contribution in [-0.2, 0) is 4.74 Å². The SMILES string of the molecule is CSc1ncccc1C(=O)OCC(=O)c1ccc(Cl)c(Cl)c1. The highest BCUT2D eigenvalue weighted by atomic mass is 35.5. The minimum atomic E-state index is -0.592. The van der Waals surface area contributed by atoms with E-state index in [4.69, 9.17) is 27.9 Å². The third kappa shape index (κ3) is 4.00. The van der Waals surface area contributed by atoms with Gasteiger partial charge in [0, 0.05) is 11.8 Å². The number of ketones is 1. The molecule has 0 atom stereocenters. The van der Waals surface area contributed by atoms with Crippen molar-refractivity contribution in [1.82, 2.24) is 4.98 Å². The molecule has 0 spiro atoms. The Morgan fingerprint density at radius 1 is 1.23 bits per heavy atom. The number of carbonyl (C=O) groups excluding carboxylic acids is 2. The van der Waals surface area contributed by atoms with Gasteiger partial charge in [-0.3, -0.25) is 4.79 Å². The van der Waals surface area contributed by atoms with Crippen molar-refractivity contribution >= 4 is 46.7 Å². The van der Waals surface area contributed by atoms with Gasteiger partial charge in [0.15, 0.2) is 12.4 Å². The molecule has 0 unspecified atom stereocenters. The maximum atomic E-state index is 12.0. The molecule has 22 heavy (non-hydrogen) atoms. The van der Waals surface area contributed by atoms with Crippen LogP contribution in [0.4, 0.5) is 0 Å². The van der Waals surface area contributed by atoms with Gasteiger partial charge in [-0.15, -0.1) is 11.8 Å². The van der Waals surface area contributed by atoms with Crippen molar-refractivity contribution in [3.05, 3.63) is 57.7 Å². The monoisotopic (exact) mass is 355 g/mol. The van der Waals surface area contributed by atoms with E-state index in [9.17, 15) is 9.59 Å². The van der Waals surface area contributed by atoms with E-state index in [1.165, 1.54) is 30.0 Å². The van der Waals surface area contributed by atoms with E-state index in [0.717, 1.165) is 0 Å². The number of aromatic nitrogens is 1. The largest absolute Gasteiger partial charge is 0.454 e. The molecule has 0 saturated heterocycles. The first-order valence-electron chi connectivity index (χ1n) is 6.17. The number of carbonyl (C=O) groups is 2. The number of hydrogen-bond donors (Lipinski definition) is 0. The van der Waals surface area contributed by atoms with Crippen LogP contribution in [0.15, 0.2) is 41.6 Å². The zero-order valence-electron chi connectivity index (χ0n) is 11.5. The van der Waals surface area contributed by atoms with Gasteiger partial charge in [0.05, 0.1) is 15.6 Å². The molecule has 0 fully saturated rings. The van der Waals surface area contributed by atoms with Gasteiger partial charge in [0.25, 0.3) is 0 Å². The van der Waals surface area contributed by atoms with Crippen LogP contribution in [0.1, 0.15) is 20.7 Å². The van der Waals surface area contributed by atoms with Crippen molar-refractivity contribution in [2.75, 3.05) is 12.9 Å². The first-order chi connectivity index (χ1) is 10.5. The highest BCUT2D eigenvalue weighted by Gasteiger charge is 2.16. The summed E-state index contributed by atoms with van der Waals surface area (Å²) in [6, 6.07) is 7.73. The zero-order valence-corrected chi connectivity index (χ0v) is 13.8. The fraction of sp³-hybridized carbons (Fsp3) is 0.133. The molecule has 4 nitrogen and oxygen atoms in total. The van der Waals surface area contributed by atoms with Crippen molar-refractivity contribution in [2.45, 2.75) is 5.03 Å². The van der Waals surface area contributed by atoms with E-state index in [0.29, 0.717) is 21.2 Å². The lowest BCUT2D eigenvalue weighted by Gasteiger charge is -2.07. The summed E-state index contributed by atoms with van der Waals surface area (Å²) >= 11 is 13.0. The topological polar surface area (TPSA) is 56.3 Å². The lowest BCUT2D eigenvalue weighted by atomic mass is 10.1. The third-order valence-corrected chi connectivity index (χ3v) is 4.21. The number of ether oxygens (including phenoxy) is 1. The normalized spacial score (nSPS) is 10.3. The molecule has 0 amide bonds. The molecule has 1 aromatic carbocycles. The van der Waals surface area contributed by atoms with E-state index < -0.39 is 5.97 Å². The number of halogens is 2. The predicted molar refractivity (Wildman–Crippen MR) is 87.1 cm³/mol. The quantitative estimate of drug-likeness (QED) is 0.458. The second-order valence-corrected chi connectivity index (χ2v) is 5.80. The van der Waals surface area contributed by atoms with Crippen LogP contribution < -0.4 is 0 Å². The molecule has 0 aliphatic carbocycles. The molecule has 0 aliphatic rings. The predicted octanol–water partition coefficient (Wildman–Crippen LogP) is 4.15. The number of pyridine rings is 1. The minimum Gasteiger partial charge on any atom is -0.454 e. The number of rotatable bonds is 5. The maximum absolute atomic E-state index is 12.0. The Kier molecular flexibility index (Phi) is 5.83. The van der Waals surface area contributed by atoms with Gasteiger partial charge in [-0.05, 0) is 36.6 Å². The number of benzene rings is 1. The summed E-state index contributed by atoms with van der Waals surface area (Å²) in [6.07, 6.45) is 3.39. The molecule has 0 saturated carbocycles. The van der Waals surface area contributed by atoms with Crippen molar-refractivity contribution in [1.29, 1.82) is 0 Å². The maximum Gasteiger partial charge on any atom is 0.341 e. The van der Waals surface area contributed by atoms with E-state index >= 15 is 0 Å². The van der Waals surface area contributed by atoms with Gasteiger partial charge in [-0.2, -0.15) is 0 Å². The fourth-order valence-corrected chi connectivity index (χ4v) is 2.51. The van der Waals surface area contributed by atoms with Gasteiger partial charge < -0.3 is 4.74 Å². The molecule has 0 radical (unpaired) electrons. The summed E-state index contributed by atoms with van der Waals surface area (Å²) in [4.78, 5) is 28.1. The molecule has 1 heterocycles. The third-order valence-electron chi connectivity index (χ3n) is 2.76. The van der Waals surface area contributed by atoms with Crippen LogP contribution in [-0.4, -0.2) is 29.6 Å². The van der Waals surface area contributed by atoms with Gasteiger partial charge in [-0.1, -0.05) is 23.2 Å². The Hall–Kier alpha value is -1.56. The molecule has 114 valence electrons. The second kappa shape index (κ2) is 7.63. The lowest BCUT2D eigenvalue weighted by molar-refractivity contribution is 0.0470. The summed E-state index contributed by atoms with van der Waals surface area (Å²) in [6.45, 7) is -0.375. The minimum absolute atomic E-state index is 0.274. The highest BCUT2D eigenvalue weighted by molar-refractivity contribution is 7.98. The van der Waals surface area contributed by atoms with Crippen LogP contribution in [0.3, 0.4) is 0 Å². The van der Waals surface area contributed by atoms with Gasteiger partial charge in [0.2, 0.25) is 0 Å². The van der Waals surface area contributed by atoms with Crippen molar-refractivity contribution in [3.63, 3.8) is 0 Å². The average molecular weight is 356 g/mol. The number of hydrogen-bond acceptors (Lipinski definition) is 5. The Morgan fingerprint density at radius 3 is 2.68 bits per heavy atom. The lowest BCUT2D eigenvalue weighted by Crippen LogP contribution is -2.15. The summed E-state index contributed by atoms with van der Waals surface area (Å²) in [7, 11) is 0. The average Bonchev–Trinajstić information content (AvgIpc) is 2.54. The second-order valence-electron chi connectivity index (χ2n) is 4.19. The zero-order chi connectivity index (χ0) is 16.1. The molecule has 0 aliphatic heterocycles. The molecule has 0 N–H and O–H groups in total. The van der Waals surface area contributed by atoms with Crippen LogP contribution in [0.5, 0.6) is 0 Å². The van der Waals surface area contributed by atoms with Crippen LogP contribution in [0, 0.1) is 0 Å². The van der Waals surface area contributed by atoms with E-state index in [-0.39, 0.29) is 17.4 Å². The summed E-state index contributed by atoms with van der Waals surface area (Å²) in [5.74, 6) is -0.952. The molecular weight excluding hydrogens is 345 g/mol. The number of thioether (sulfide) groups is 1. The molecular formula is C15H11Cl2NO3S. The molecule has 0 bridgehead atoms. The van der Waals surface area contributed by atoms with Crippen LogP contribution in [0.25, 0.3) is 0 Å². The van der Waals surface area contributed by atoms with Gasteiger partial charge in [0.1, 0.15) is 5.03 Å². The van der Waals surface area contributed by atoms with E-state index in [2.05, 4.69) is 4.98 Å². The molecule has 2 rings (SSSR count). The Labute approximate surface area is 141 Å². The van der Waals surface area contributed by atoms with Crippen LogP contribution in [0.2, 0.25) is 10.0 Å². The number of nitrogens with zero attached hydrogens (tertiary/aromatic N) is 1. The first kappa shape index (κ1) is 16.8. The van der Waals surface area contributed by atoms with Crippen molar-refractivity contribution < 1.29 is 14.3 Å². The van der Waals surface area contributed by atoms with E-state index in [1.807, 2.05) is 0 Å².